The molecule has 1 saturated heterocycles. The molecule has 0 saturated carbocycles. The Labute approximate surface area is 149 Å². The highest BCUT2D eigenvalue weighted by Crippen LogP contribution is 2.24. The molecule has 25 heavy (non-hydrogen) atoms. The summed E-state index contributed by atoms with van der Waals surface area (Å²) in [5.74, 6) is 0. The summed E-state index contributed by atoms with van der Waals surface area (Å²) in [7, 11) is -3.73. The van der Waals surface area contributed by atoms with E-state index in [-0.39, 0.29) is 19.1 Å². The third-order valence-corrected chi connectivity index (χ3v) is 5.62. The second-order valence-electron chi connectivity index (χ2n) is 5.49. The van der Waals surface area contributed by atoms with Crippen LogP contribution < -0.4 is 10.5 Å². The minimum Gasteiger partial charge on any atom is -0.323 e. The molecule has 0 aromatic carbocycles. The van der Waals surface area contributed by atoms with Crippen molar-refractivity contribution in [3.05, 3.63) is 29.9 Å². The van der Waals surface area contributed by atoms with Crippen molar-refractivity contribution in [1.82, 2.24) is 19.2 Å². The Balaban J connectivity index is 1.62. The first-order valence-electron chi connectivity index (χ1n) is 7.63. The molecule has 2 aromatic heterocycles. The number of anilines is 1. The third-order valence-electron chi connectivity index (χ3n) is 3.78. The molecule has 1 aliphatic rings. The van der Waals surface area contributed by atoms with Crippen molar-refractivity contribution < 1.29 is 13.2 Å². The highest BCUT2D eigenvalue weighted by Gasteiger charge is 2.24. The summed E-state index contributed by atoms with van der Waals surface area (Å²) < 4.78 is 24.0. The van der Waals surface area contributed by atoms with E-state index in [0.29, 0.717) is 24.6 Å². The number of nitrogens with zero attached hydrogens (tertiary/aromatic N) is 4. The van der Waals surface area contributed by atoms with Crippen molar-refractivity contribution in [3.8, 4) is 11.3 Å². The van der Waals surface area contributed by atoms with Gasteiger partial charge in [-0.05, 0) is 18.6 Å². The average Bonchev–Trinajstić information content (AvgIpc) is 2.89. The second-order valence-corrected chi connectivity index (χ2v) is 7.90. The quantitative estimate of drug-likeness (QED) is 0.818. The Morgan fingerprint density at radius 3 is 2.84 bits per heavy atom. The van der Waals surface area contributed by atoms with Gasteiger partial charge in [-0.2, -0.15) is 12.7 Å². The van der Waals surface area contributed by atoms with Crippen LogP contribution in [-0.4, -0.2) is 59.8 Å². The molecule has 0 unspecified atom stereocenters. The zero-order valence-corrected chi connectivity index (χ0v) is 15.0. The number of carbonyl (C=O) groups is 1. The minimum absolute atomic E-state index is 0.186. The van der Waals surface area contributed by atoms with Gasteiger partial charge >= 0.3 is 6.03 Å². The van der Waals surface area contributed by atoms with Gasteiger partial charge in [0.2, 0.25) is 0 Å². The van der Waals surface area contributed by atoms with Crippen molar-refractivity contribution >= 4 is 32.7 Å². The number of hydrogen-bond acceptors (Lipinski definition) is 6. The van der Waals surface area contributed by atoms with Crippen LogP contribution >= 0.6 is 11.3 Å². The van der Waals surface area contributed by atoms with Gasteiger partial charge in [-0.3, -0.25) is 10.3 Å². The smallest absolute Gasteiger partial charge is 0.323 e. The number of aromatic nitrogens is 2. The Kier molecular flexibility index (Phi) is 5.27. The van der Waals surface area contributed by atoms with E-state index in [4.69, 9.17) is 5.14 Å². The van der Waals surface area contributed by atoms with Crippen molar-refractivity contribution in [1.29, 1.82) is 0 Å². The van der Waals surface area contributed by atoms with E-state index in [1.54, 1.807) is 17.3 Å². The van der Waals surface area contributed by atoms with E-state index in [1.165, 1.54) is 15.6 Å². The van der Waals surface area contributed by atoms with Crippen LogP contribution in [0.3, 0.4) is 0 Å². The molecule has 2 amide bonds. The van der Waals surface area contributed by atoms with Crippen LogP contribution in [0.2, 0.25) is 0 Å². The molecule has 11 heteroatoms. The summed E-state index contributed by atoms with van der Waals surface area (Å²) in [4.78, 5) is 22.4. The topological polar surface area (TPSA) is 122 Å². The van der Waals surface area contributed by atoms with E-state index in [2.05, 4.69) is 15.3 Å². The summed E-state index contributed by atoms with van der Waals surface area (Å²) in [6.45, 7) is 1.23. The zero-order valence-electron chi connectivity index (χ0n) is 13.3. The van der Waals surface area contributed by atoms with E-state index < -0.39 is 10.2 Å². The van der Waals surface area contributed by atoms with Crippen LogP contribution in [0.4, 0.5) is 9.93 Å². The molecular formula is C14H18N6O3S2. The summed E-state index contributed by atoms with van der Waals surface area (Å²) in [6.07, 6.45) is 3.92. The third kappa shape index (κ3) is 4.51. The van der Waals surface area contributed by atoms with Crippen LogP contribution in [-0.2, 0) is 10.2 Å². The van der Waals surface area contributed by atoms with Crippen molar-refractivity contribution in [2.75, 3.05) is 31.5 Å². The number of thiazole rings is 1. The summed E-state index contributed by atoms with van der Waals surface area (Å²) in [6, 6.07) is 3.41. The molecule has 2 aromatic rings. The van der Waals surface area contributed by atoms with E-state index in [9.17, 15) is 13.2 Å². The predicted molar refractivity (Wildman–Crippen MR) is 95.2 cm³/mol. The van der Waals surface area contributed by atoms with Crippen LogP contribution in [0.25, 0.3) is 11.3 Å². The van der Waals surface area contributed by atoms with E-state index >= 15 is 0 Å². The molecular weight excluding hydrogens is 364 g/mol. The normalized spacial score (nSPS) is 16.4. The first-order chi connectivity index (χ1) is 11.9. The molecule has 0 aliphatic carbocycles. The molecule has 9 nitrogen and oxygen atoms in total. The SMILES string of the molecule is NS(=O)(=O)N1CCCN(C(=O)Nc2nc(-c3cccnc3)cs2)CC1. The van der Waals surface area contributed by atoms with Crippen LogP contribution in [0, 0.1) is 0 Å². The molecule has 134 valence electrons. The summed E-state index contributed by atoms with van der Waals surface area (Å²) >= 11 is 1.32. The summed E-state index contributed by atoms with van der Waals surface area (Å²) in [5.41, 5.74) is 1.61. The maximum atomic E-state index is 12.4. The molecule has 1 fully saturated rings. The number of hydrogen-bond donors (Lipinski definition) is 2. The van der Waals surface area contributed by atoms with Crippen LogP contribution in [0.15, 0.2) is 29.9 Å². The van der Waals surface area contributed by atoms with Gasteiger partial charge in [0, 0.05) is 49.5 Å². The molecule has 0 atom stereocenters. The number of pyridine rings is 1. The van der Waals surface area contributed by atoms with Gasteiger partial charge in [0.15, 0.2) is 5.13 Å². The van der Waals surface area contributed by atoms with Gasteiger partial charge in [0.25, 0.3) is 10.2 Å². The molecule has 3 heterocycles. The fraction of sp³-hybridized carbons (Fsp3) is 0.357. The number of amides is 2. The first kappa shape index (κ1) is 17.7. The monoisotopic (exact) mass is 382 g/mol. The lowest BCUT2D eigenvalue weighted by Gasteiger charge is -2.20. The fourth-order valence-corrected chi connectivity index (χ4v) is 3.93. The lowest BCUT2D eigenvalue weighted by atomic mass is 10.2. The Morgan fingerprint density at radius 1 is 1.28 bits per heavy atom. The van der Waals surface area contributed by atoms with Gasteiger partial charge < -0.3 is 4.90 Å². The molecule has 1 aliphatic heterocycles. The van der Waals surface area contributed by atoms with Crippen molar-refractivity contribution in [2.24, 2.45) is 5.14 Å². The molecule has 3 rings (SSSR count). The average molecular weight is 382 g/mol. The lowest BCUT2D eigenvalue weighted by Crippen LogP contribution is -2.41. The van der Waals surface area contributed by atoms with Crippen LogP contribution in [0.5, 0.6) is 0 Å². The maximum Gasteiger partial charge on any atom is 0.323 e. The van der Waals surface area contributed by atoms with E-state index in [0.717, 1.165) is 11.3 Å². The molecule has 0 spiro atoms. The van der Waals surface area contributed by atoms with Gasteiger partial charge in [-0.25, -0.2) is 14.9 Å². The molecule has 0 radical (unpaired) electrons. The summed E-state index contributed by atoms with van der Waals surface area (Å²) in [5, 5.41) is 10.2. The number of nitrogens with one attached hydrogen (secondary N) is 1. The Morgan fingerprint density at radius 2 is 2.12 bits per heavy atom. The van der Waals surface area contributed by atoms with Crippen molar-refractivity contribution in [2.45, 2.75) is 6.42 Å². The van der Waals surface area contributed by atoms with Gasteiger partial charge in [-0.1, -0.05) is 0 Å². The number of urea groups is 1. The van der Waals surface area contributed by atoms with Crippen molar-refractivity contribution in [3.63, 3.8) is 0 Å². The van der Waals surface area contributed by atoms with E-state index in [1.807, 2.05) is 17.5 Å². The Hall–Kier alpha value is -2.08. The van der Waals surface area contributed by atoms with Crippen LogP contribution in [0.1, 0.15) is 6.42 Å². The molecule has 3 N–H and O–H groups in total. The minimum atomic E-state index is -3.73. The highest BCUT2D eigenvalue weighted by molar-refractivity contribution is 7.86. The number of rotatable bonds is 3. The maximum absolute atomic E-state index is 12.4. The van der Waals surface area contributed by atoms with Gasteiger partial charge in [0.1, 0.15) is 0 Å². The number of nitrogens with two attached hydrogens (primary N) is 1. The second kappa shape index (κ2) is 7.44. The predicted octanol–water partition coefficient (Wildman–Crippen LogP) is 0.948. The van der Waals surface area contributed by atoms with Gasteiger partial charge in [-0.15, -0.1) is 11.3 Å². The zero-order chi connectivity index (χ0) is 17.9. The Bertz CT molecular complexity index is 839. The number of carbonyl (C=O) groups excluding carboxylic acids is 1. The standard InChI is InChI=1S/C14H18N6O3S2/c15-25(22,23)20-6-2-5-19(7-8-20)14(21)18-13-17-12(10-24-13)11-3-1-4-16-9-11/h1,3-4,9-10H,2,5-8H2,(H2,15,22,23)(H,17,18,21). The fourth-order valence-electron chi connectivity index (χ4n) is 2.50. The lowest BCUT2D eigenvalue weighted by molar-refractivity contribution is 0.214. The largest absolute Gasteiger partial charge is 0.323 e. The first-order valence-corrected chi connectivity index (χ1v) is 10.0. The van der Waals surface area contributed by atoms with Gasteiger partial charge in [0.05, 0.1) is 5.69 Å². The highest BCUT2D eigenvalue weighted by atomic mass is 32.2. The molecule has 0 bridgehead atoms.